The van der Waals surface area contributed by atoms with Crippen molar-refractivity contribution in [1.82, 2.24) is 15.2 Å². The molecule has 0 aliphatic carbocycles. The van der Waals surface area contributed by atoms with Gasteiger partial charge in [0.25, 0.3) is 0 Å². The summed E-state index contributed by atoms with van der Waals surface area (Å²) in [5, 5.41) is 11.7. The van der Waals surface area contributed by atoms with Gasteiger partial charge < -0.3 is 19.7 Å². The van der Waals surface area contributed by atoms with Crippen LogP contribution < -0.4 is 10.2 Å². The largest absolute Gasteiger partial charge is 0.369 e. The van der Waals surface area contributed by atoms with Gasteiger partial charge in [-0.1, -0.05) is 30.3 Å². The van der Waals surface area contributed by atoms with E-state index in [2.05, 4.69) is 49.7 Å². The first-order valence-corrected chi connectivity index (χ1v) is 9.33. The van der Waals surface area contributed by atoms with Crippen LogP contribution in [0.25, 0.3) is 0 Å². The highest BCUT2D eigenvalue weighted by Crippen LogP contribution is 2.32. The van der Waals surface area contributed by atoms with Gasteiger partial charge in [0.2, 0.25) is 5.95 Å². The molecule has 2 aliphatic rings. The van der Waals surface area contributed by atoms with E-state index >= 15 is 0 Å². The van der Waals surface area contributed by atoms with E-state index in [1.807, 2.05) is 6.07 Å². The van der Waals surface area contributed by atoms with Gasteiger partial charge in [0.15, 0.2) is 11.6 Å². The molecule has 0 bridgehead atoms. The van der Waals surface area contributed by atoms with E-state index < -0.39 is 0 Å². The second-order valence-electron chi connectivity index (χ2n) is 6.75. The van der Waals surface area contributed by atoms with Crippen LogP contribution in [0.15, 0.2) is 36.5 Å². The predicted molar refractivity (Wildman–Crippen MR) is 99.2 cm³/mol. The number of aromatic nitrogens is 3. The van der Waals surface area contributed by atoms with Gasteiger partial charge in [0.05, 0.1) is 19.4 Å². The minimum Gasteiger partial charge on any atom is -0.369 e. The van der Waals surface area contributed by atoms with E-state index in [1.54, 1.807) is 6.20 Å². The smallest absolute Gasteiger partial charge is 0.247 e. The Hall–Kier alpha value is -2.25. The predicted octanol–water partition coefficient (Wildman–Crippen LogP) is 2.26. The number of hydrogen-bond donors (Lipinski definition) is 1. The van der Waals surface area contributed by atoms with Crippen molar-refractivity contribution >= 4 is 11.8 Å². The summed E-state index contributed by atoms with van der Waals surface area (Å²) in [5.74, 6) is 1.07. The normalized spacial score (nSPS) is 19.0. The van der Waals surface area contributed by atoms with Crippen LogP contribution in [0, 0.1) is 0 Å². The fourth-order valence-corrected chi connectivity index (χ4v) is 3.50. The van der Waals surface area contributed by atoms with Gasteiger partial charge in [0, 0.05) is 32.5 Å². The number of piperidine rings is 1. The van der Waals surface area contributed by atoms with Gasteiger partial charge >= 0.3 is 0 Å². The van der Waals surface area contributed by atoms with E-state index in [-0.39, 0.29) is 5.79 Å². The molecule has 0 amide bonds. The van der Waals surface area contributed by atoms with Crippen LogP contribution in [0.5, 0.6) is 0 Å². The molecule has 2 saturated heterocycles. The van der Waals surface area contributed by atoms with Gasteiger partial charge in [0.1, 0.15) is 0 Å². The Labute approximate surface area is 153 Å². The molecular formula is C19H25N5O2. The maximum atomic E-state index is 5.77. The van der Waals surface area contributed by atoms with Crippen molar-refractivity contribution in [1.29, 1.82) is 0 Å². The highest BCUT2D eigenvalue weighted by atomic mass is 16.7. The lowest BCUT2D eigenvalue weighted by molar-refractivity contribution is -0.169. The Kier molecular flexibility index (Phi) is 5.26. The molecule has 26 heavy (non-hydrogen) atoms. The summed E-state index contributed by atoms with van der Waals surface area (Å²) in [5.41, 5.74) is 1.36. The standard InChI is InChI=1S/C19H25N5O2/c1-2-5-16(6-3-1)7-4-10-20-17-15-21-23-18(22-17)24-11-8-19(9-12-24)25-13-14-26-19/h1-3,5-6,15H,4,7-14H2,(H,20,22,23). The second kappa shape index (κ2) is 7.97. The molecule has 2 aliphatic heterocycles. The number of benzene rings is 1. The van der Waals surface area contributed by atoms with Crippen molar-refractivity contribution in [2.24, 2.45) is 0 Å². The molecular weight excluding hydrogens is 330 g/mol. The number of hydrogen-bond acceptors (Lipinski definition) is 7. The van der Waals surface area contributed by atoms with Gasteiger partial charge in [-0.25, -0.2) is 0 Å². The van der Waals surface area contributed by atoms with Crippen molar-refractivity contribution in [2.75, 3.05) is 43.1 Å². The molecule has 0 atom stereocenters. The third-order valence-corrected chi connectivity index (χ3v) is 4.96. The summed E-state index contributed by atoms with van der Waals surface area (Å²) < 4.78 is 11.5. The molecule has 1 N–H and O–H groups in total. The number of rotatable bonds is 6. The zero-order chi connectivity index (χ0) is 17.7. The number of aryl methyl sites for hydroxylation is 1. The molecule has 0 unspecified atom stereocenters. The third kappa shape index (κ3) is 4.11. The first kappa shape index (κ1) is 17.2. The third-order valence-electron chi connectivity index (χ3n) is 4.96. The minimum absolute atomic E-state index is 0.378. The van der Waals surface area contributed by atoms with Crippen LogP contribution in [0.4, 0.5) is 11.8 Å². The topological polar surface area (TPSA) is 72.4 Å². The van der Waals surface area contributed by atoms with Crippen molar-refractivity contribution in [3.05, 3.63) is 42.1 Å². The Bertz CT molecular complexity index is 696. The highest BCUT2D eigenvalue weighted by molar-refractivity contribution is 5.39. The van der Waals surface area contributed by atoms with Crippen LogP contribution in [-0.2, 0) is 15.9 Å². The lowest BCUT2D eigenvalue weighted by Gasteiger charge is -2.37. The maximum absolute atomic E-state index is 5.77. The fraction of sp³-hybridized carbons (Fsp3) is 0.526. The van der Waals surface area contributed by atoms with Crippen molar-refractivity contribution < 1.29 is 9.47 Å². The summed E-state index contributed by atoms with van der Waals surface area (Å²) in [6.07, 6.45) is 5.45. The van der Waals surface area contributed by atoms with Crippen molar-refractivity contribution in [2.45, 2.75) is 31.5 Å². The van der Waals surface area contributed by atoms with Crippen LogP contribution in [0.1, 0.15) is 24.8 Å². The lowest BCUT2D eigenvalue weighted by Crippen LogP contribution is -2.45. The fourth-order valence-electron chi connectivity index (χ4n) is 3.50. The van der Waals surface area contributed by atoms with Gasteiger partial charge in [-0.3, -0.25) is 0 Å². The number of ether oxygens (including phenoxy) is 2. The van der Waals surface area contributed by atoms with E-state index in [9.17, 15) is 0 Å². The van der Waals surface area contributed by atoms with Gasteiger partial charge in [-0.05, 0) is 18.4 Å². The first-order chi connectivity index (χ1) is 12.8. The molecule has 2 fully saturated rings. The van der Waals surface area contributed by atoms with E-state index in [4.69, 9.17) is 9.47 Å². The van der Waals surface area contributed by atoms with Gasteiger partial charge in [-0.15, -0.1) is 5.10 Å². The Balaban J connectivity index is 1.27. The molecule has 1 aromatic heterocycles. The molecule has 1 spiro atoms. The number of anilines is 2. The quantitative estimate of drug-likeness (QED) is 0.797. The molecule has 138 valence electrons. The highest BCUT2D eigenvalue weighted by Gasteiger charge is 2.40. The summed E-state index contributed by atoms with van der Waals surface area (Å²) in [4.78, 5) is 6.77. The zero-order valence-electron chi connectivity index (χ0n) is 14.9. The average Bonchev–Trinajstić information content (AvgIpc) is 3.15. The maximum Gasteiger partial charge on any atom is 0.247 e. The van der Waals surface area contributed by atoms with E-state index in [1.165, 1.54) is 5.56 Å². The summed E-state index contributed by atoms with van der Waals surface area (Å²) in [7, 11) is 0. The van der Waals surface area contributed by atoms with Crippen molar-refractivity contribution in [3.63, 3.8) is 0 Å². The van der Waals surface area contributed by atoms with Gasteiger partial charge in [-0.2, -0.15) is 10.1 Å². The average molecular weight is 355 g/mol. The summed E-state index contributed by atoms with van der Waals surface area (Å²) in [6.45, 7) is 3.89. The lowest BCUT2D eigenvalue weighted by atomic mass is 10.0. The zero-order valence-corrected chi connectivity index (χ0v) is 14.9. The SMILES string of the molecule is c1ccc(CCCNc2cnnc(N3CCC4(CC3)OCCO4)n2)cc1. The first-order valence-electron chi connectivity index (χ1n) is 9.33. The molecule has 0 radical (unpaired) electrons. The Morgan fingerprint density at radius 2 is 1.85 bits per heavy atom. The second-order valence-corrected chi connectivity index (χ2v) is 6.75. The van der Waals surface area contributed by atoms with Crippen molar-refractivity contribution in [3.8, 4) is 0 Å². The van der Waals surface area contributed by atoms with Crippen LogP contribution in [0.2, 0.25) is 0 Å². The molecule has 0 saturated carbocycles. The summed E-state index contributed by atoms with van der Waals surface area (Å²) >= 11 is 0. The number of nitrogens with zero attached hydrogens (tertiary/aromatic N) is 4. The van der Waals surface area contributed by atoms with Crippen LogP contribution in [0.3, 0.4) is 0 Å². The Morgan fingerprint density at radius 1 is 1.08 bits per heavy atom. The number of nitrogens with one attached hydrogen (secondary N) is 1. The molecule has 2 aromatic rings. The Morgan fingerprint density at radius 3 is 2.62 bits per heavy atom. The molecule has 7 heteroatoms. The molecule has 4 rings (SSSR count). The molecule has 7 nitrogen and oxygen atoms in total. The monoisotopic (exact) mass is 355 g/mol. The van der Waals surface area contributed by atoms with Crippen LogP contribution >= 0.6 is 0 Å². The minimum atomic E-state index is -0.378. The van der Waals surface area contributed by atoms with E-state index in [0.717, 1.165) is 51.1 Å². The van der Waals surface area contributed by atoms with Crippen LogP contribution in [-0.4, -0.2) is 53.8 Å². The summed E-state index contributed by atoms with van der Waals surface area (Å²) in [6, 6.07) is 10.5. The molecule has 3 heterocycles. The van der Waals surface area contributed by atoms with E-state index in [0.29, 0.717) is 19.2 Å². The molecule has 1 aromatic carbocycles.